The standard InChI is InChI=1S/C16H18N2O4/c1-11(14-8-5-9-22-14)17-10-15(19)18-13-7-4-3-6-12(13)16(20)21-2/h3-9,11,17H,10H2,1-2H3,(H,18,19)/t11-/m1/s1. The van der Waals surface area contributed by atoms with E-state index in [-0.39, 0.29) is 18.5 Å². The van der Waals surface area contributed by atoms with E-state index in [1.807, 2.05) is 13.0 Å². The maximum absolute atomic E-state index is 12.0. The highest BCUT2D eigenvalue weighted by Crippen LogP contribution is 2.16. The van der Waals surface area contributed by atoms with Gasteiger partial charge in [0.25, 0.3) is 0 Å². The van der Waals surface area contributed by atoms with E-state index in [1.54, 1.807) is 36.6 Å². The lowest BCUT2D eigenvalue weighted by Crippen LogP contribution is -2.30. The zero-order valence-corrected chi connectivity index (χ0v) is 12.5. The molecular formula is C16H18N2O4. The molecule has 0 saturated heterocycles. The minimum atomic E-state index is -0.493. The van der Waals surface area contributed by atoms with Crippen molar-refractivity contribution < 1.29 is 18.7 Å². The third-order valence-electron chi connectivity index (χ3n) is 3.15. The lowest BCUT2D eigenvalue weighted by atomic mass is 10.2. The monoisotopic (exact) mass is 302 g/mol. The van der Waals surface area contributed by atoms with E-state index >= 15 is 0 Å². The minimum absolute atomic E-state index is 0.0865. The highest BCUT2D eigenvalue weighted by molar-refractivity contribution is 6.01. The van der Waals surface area contributed by atoms with Gasteiger partial charge in [0.05, 0.1) is 37.2 Å². The first-order valence-corrected chi connectivity index (χ1v) is 6.85. The number of carbonyl (C=O) groups excluding carboxylic acids is 2. The van der Waals surface area contributed by atoms with Crippen molar-refractivity contribution in [1.82, 2.24) is 5.32 Å². The molecule has 0 aliphatic rings. The topological polar surface area (TPSA) is 80.6 Å². The quantitative estimate of drug-likeness (QED) is 0.801. The second-order valence-corrected chi connectivity index (χ2v) is 4.70. The molecule has 0 radical (unpaired) electrons. The molecule has 1 aromatic carbocycles. The van der Waals surface area contributed by atoms with Crippen LogP contribution in [0, 0.1) is 0 Å². The Labute approximate surface area is 128 Å². The summed E-state index contributed by atoms with van der Waals surface area (Å²) in [6.07, 6.45) is 1.58. The first-order chi connectivity index (χ1) is 10.6. The van der Waals surface area contributed by atoms with Crippen LogP contribution in [0.4, 0.5) is 5.69 Å². The summed E-state index contributed by atoms with van der Waals surface area (Å²) in [4.78, 5) is 23.6. The smallest absolute Gasteiger partial charge is 0.339 e. The number of hydrogen-bond acceptors (Lipinski definition) is 5. The maximum atomic E-state index is 12.0. The normalized spacial score (nSPS) is 11.7. The first-order valence-electron chi connectivity index (χ1n) is 6.85. The maximum Gasteiger partial charge on any atom is 0.339 e. The van der Waals surface area contributed by atoms with Gasteiger partial charge >= 0.3 is 5.97 Å². The first kappa shape index (κ1) is 15.8. The molecule has 1 aromatic heterocycles. The number of amides is 1. The van der Waals surface area contributed by atoms with Gasteiger partial charge in [-0.1, -0.05) is 12.1 Å². The lowest BCUT2D eigenvalue weighted by Gasteiger charge is -2.13. The van der Waals surface area contributed by atoms with Gasteiger partial charge < -0.3 is 14.5 Å². The molecule has 1 atom stereocenters. The van der Waals surface area contributed by atoms with E-state index in [2.05, 4.69) is 15.4 Å². The van der Waals surface area contributed by atoms with Gasteiger partial charge in [-0.15, -0.1) is 0 Å². The number of hydrogen-bond donors (Lipinski definition) is 2. The fraction of sp³-hybridized carbons (Fsp3) is 0.250. The Morgan fingerprint density at radius 1 is 1.23 bits per heavy atom. The summed E-state index contributed by atoms with van der Waals surface area (Å²) in [6, 6.07) is 10.2. The summed E-state index contributed by atoms with van der Waals surface area (Å²) in [5.41, 5.74) is 0.740. The molecule has 0 fully saturated rings. The number of anilines is 1. The SMILES string of the molecule is COC(=O)c1ccccc1NC(=O)CN[C@H](C)c1ccco1. The fourth-order valence-corrected chi connectivity index (χ4v) is 1.96. The molecule has 2 N–H and O–H groups in total. The number of rotatable bonds is 6. The fourth-order valence-electron chi connectivity index (χ4n) is 1.96. The lowest BCUT2D eigenvalue weighted by molar-refractivity contribution is -0.115. The summed E-state index contributed by atoms with van der Waals surface area (Å²) in [5, 5.41) is 5.74. The predicted octanol–water partition coefficient (Wildman–Crippen LogP) is 2.36. The molecule has 0 unspecified atom stereocenters. The van der Waals surface area contributed by atoms with Crippen LogP contribution in [0.1, 0.15) is 29.1 Å². The molecule has 22 heavy (non-hydrogen) atoms. The molecule has 2 aromatic rings. The Kier molecular flexibility index (Phi) is 5.32. The summed E-state index contributed by atoms with van der Waals surface area (Å²) in [6.45, 7) is 1.99. The van der Waals surface area contributed by atoms with E-state index in [0.717, 1.165) is 5.76 Å². The Morgan fingerprint density at radius 2 is 2.00 bits per heavy atom. The zero-order chi connectivity index (χ0) is 15.9. The Balaban J connectivity index is 1.94. The van der Waals surface area contributed by atoms with Crippen LogP contribution in [0.5, 0.6) is 0 Å². The van der Waals surface area contributed by atoms with Crippen molar-refractivity contribution in [2.45, 2.75) is 13.0 Å². The van der Waals surface area contributed by atoms with Gasteiger partial charge in [-0.05, 0) is 31.2 Å². The van der Waals surface area contributed by atoms with E-state index in [1.165, 1.54) is 7.11 Å². The Bertz CT molecular complexity index is 637. The van der Waals surface area contributed by atoms with Crippen LogP contribution in [0.2, 0.25) is 0 Å². The average molecular weight is 302 g/mol. The van der Waals surface area contributed by atoms with Gasteiger partial charge in [0.1, 0.15) is 5.76 Å². The number of furan rings is 1. The highest BCUT2D eigenvalue weighted by atomic mass is 16.5. The van der Waals surface area contributed by atoms with Crippen LogP contribution in [0.15, 0.2) is 47.1 Å². The van der Waals surface area contributed by atoms with Gasteiger partial charge in [-0.25, -0.2) is 4.79 Å². The van der Waals surface area contributed by atoms with Crippen LogP contribution in [-0.4, -0.2) is 25.5 Å². The van der Waals surface area contributed by atoms with Crippen molar-refractivity contribution in [3.05, 3.63) is 54.0 Å². The Morgan fingerprint density at radius 3 is 2.68 bits per heavy atom. The van der Waals surface area contributed by atoms with Crippen molar-refractivity contribution >= 4 is 17.6 Å². The molecule has 0 aliphatic heterocycles. The molecule has 2 rings (SSSR count). The summed E-state index contributed by atoms with van der Waals surface area (Å²) in [5.74, 6) is 0.00494. The second-order valence-electron chi connectivity index (χ2n) is 4.70. The zero-order valence-electron chi connectivity index (χ0n) is 12.5. The van der Waals surface area contributed by atoms with E-state index < -0.39 is 5.97 Å². The Hall–Kier alpha value is -2.60. The second kappa shape index (κ2) is 7.42. The van der Waals surface area contributed by atoms with Crippen molar-refractivity contribution in [1.29, 1.82) is 0 Å². The van der Waals surface area contributed by atoms with E-state index in [9.17, 15) is 9.59 Å². The number of benzene rings is 1. The van der Waals surface area contributed by atoms with Crippen molar-refractivity contribution in [2.24, 2.45) is 0 Å². The largest absolute Gasteiger partial charge is 0.468 e. The molecule has 1 heterocycles. The van der Waals surface area contributed by atoms with Gasteiger partial charge in [-0.2, -0.15) is 0 Å². The average Bonchev–Trinajstić information content (AvgIpc) is 3.07. The summed E-state index contributed by atoms with van der Waals surface area (Å²) >= 11 is 0. The van der Waals surface area contributed by atoms with Gasteiger partial charge in [0.15, 0.2) is 0 Å². The van der Waals surface area contributed by atoms with Crippen LogP contribution in [0.3, 0.4) is 0 Å². The minimum Gasteiger partial charge on any atom is -0.468 e. The molecule has 0 saturated carbocycles. The highest BCUT2D eigenvalue weighted by Gasteiger charge is 2.14. The van der Waals surface area contributed by atoms with Crippen molar-refractivity contribution in [3.8, 4) is 0 Å². The van der Waals surface area contributed by atoms with E-state index in [0.29, 0.717) is 11.3 Å². The number of ether oxygens (including phenoxy) is 1. The molecule has 116 valence electrons. The van der Waals surface area contributed by atoms with Crippen LogP contribution < -0.4 is 10.6 Å². The molecule has 6 heteroatoms. The van der Waals surface area contributed by atoms with Gasteiger partial charge in [0, 0.05) is 0 Å². The van der Waals surface area contributed by atoms with Gasteiger partial charge in [0.2, 0.25) is 5.91 Å². The van der Waals surface area contributed by atoms with Gasteiger partial charge in [-0.3, -0.25) is 10.1 Å². The van der Waals surface area contributed by atoms with E-state index in [4.69, 9.17) is 4.42 Å². The number of para-hydroxylation sites is 1. The molecular weight excluding hydrogens is 284 g/mol. The third kappa shape index (κ3) is 3.95. The number of carbonyl (C=O) groups is 2. The number of methoxy groups -OCH3 is 1. The van der Waals surface area contributed by atoms with Crippen LogP contribution in [0.25, 0.3) is 0 Å². The summed E-state index contributed by atoms with van der Waals surface area (Å²) < 4.78 is 9.94. The molecule has 1 amide bonds. The molecule has 0 bridgehead atoms. The predicted molar refractivity (Wildman–Crippen MR) is 81.5 cm³/mol. The number of nitrogens with one attached hydrogen (secondary N) is 2. The van der Waals surface area contributed by atoms with Crippen molar-refractivity contribution in [3.63, 3.8) is 0 Å². The van der Waals surface area contributed by atoms with Crippen LogP contribution >= 0.6 is 0 Å². The molecule has 0 aliphatic carbocycles. The van der Waals surface area contributed by atoms with Crippen molar-refractivity contribution in [2.75, 3.05) is 19.0 Å². The number of esters is 1. The summed E-state index contributed by atoms with van der Waals surface area (Å²) in [7, 11) is 1.30. The molecule has 6 nitrogen and oxygen atoms in total. The molecule has 0 spiro atoms. The third-order valence-corrected chi connectivity index (χ3v) is 3.15. The van der Waals surface area contributed by atoms with Crippen LogP contribution in [-0.2, 0) is 9.53 Å².